The van der Waals surface area contributed by atoms with Crippen molar-refractivity contribution in [2.24, 2.45) is 0 Å². The van der Waals surface area contributed by atoms with Crippen LogP contribution in [0.4, 0.5) is 0 Å². The molecule has 0 spiro atoms. The summed E-state index contributed by atoms with van der Waals surface area (Å²) in [5, 5.41) is 1.28. The fraction of sp³-hybridized carbons (Fsp3) is 0.125. The van der Waals surface area contributed by atoms with E-state index in [-0.39, 0.29) is 5.56 Å². The maximum Gasteiger partial charge on any atom is 0.258 e. The van der Waals surface area contributed by atoms with Gasteiger partial charge in [-0.1, -0.05) is 29.3 Å². The summed E-state index contributed by atoms with van der Waals surface area (Å²) in [6, 6.07) is 10.7. The first-order chi connectivity index (χ1) is 10.5. The number of halogens is 2. The second-order valence-corrected chi connectivity index (χ2v) is 6.69. The quantitative estimate of drug-likeness (QED) is 0.647. The first-order valence-electron chi connectivity index (χ1n) is 6.60. The van der Waals surface area contributed by atoms with Crippen molar-refractivity contribution in [3.8, 4) is 0 Å². The summed E-state index contributed by atoms with van der Waals surface area (Å²) in [7, 11) is 0. The average Bonchev–Trinajstić information content (AvgIpc) is 2.49. The van der Waals surface area contributed by atoms with E-state index in [9.17, 15) is 4.79 Å². The van der Waals surface area contributed by atoms with Crippen molar-refractivity contribution in [2.75, 3.05) is 0 Å². The third kappa shape index (κ3) is 3.14. The molecule has 0 aliphatic carbocycles. The minimum absolute atomic E-state index is 0.0820. The third-order valence-corrected chi connectivity index (χ3v) is 4.97. The van der Waals surface area contributed by atoms with Gasteiger partial charge in [-0.25, -0.2) is 4.98 Å². The zero-order valence-electron chi connectivity index (χ0n) is 11.7. The van der Waals surface area contributed by atoms with Gasteiger partial charge in [0.2, 0.25) is 0 Å². The number of pyridine rings is 1. The van der Waals surface area contributed by atoms with Gasteiger partial charge >= 0.3 is 0 Å². The summed E-state index contributed by atoms with van der Waals surface area (Å²) < 4.78 is 1.55. The predicted octanol–water partition coefficient (Wildman–Crippen LogP) is 4.60. The minimum Gasteiger partial charge on any atom is -0.269 e. The monoisotopic (exact) mass is 350 g/mol. The molecule has 6 heteroatoms. The standard InChI is InChI=1S/C16H12Cl2N2OS/c1-10-3-2-6-20-15(21)8-12(19-16(10)20)9-22-14-7-11(17)4-5-13(14)18/h2-8H,9H2,1H3. The Labute approximate surface area is 141 Å². The highest BCUT2D eigenvalue weighted by Crippen LogP contribution is 2.31. The van der Waals surface area contributed by atoms with Crippen molar-refractivity contribution in [1.82, 2.24) is 9.38 Å². The van der Waals surface area contributed by atoms with Crippen molar-refractivity contribution in [2.45, 2.75) is 17.6 Å². The van der Waals surface area contributed by atoms with Crippen molar-refractivity contribution in [1.29, 1.82) is 0 Å². The van der Waals surface area contributed by atoms with E-state index in [1.54, 1.807) is 28.8 Å². The van der Waals surface area contributed by atoms with E-state index in [1.165, 1.54) is 11.8 Å². The van der Waals surface area contributed by atoms with E-state index in [1.807, 2.05) is 25.1 Å². The number of hydrogen-bond donors (Lipinski definition) is 0. The normalized spacial score (nSPS) is 11.0. The Morgan fingerprint density at radius 1 is 1.23 bits per heavy atom. The van der Waals surface area contributed by atoms with Crippen molar-refractivity contribution < 1.29 is 0 Å². The number of aromatic nitrogens is 2. The largest absolute Gasteiger partial charge is 0.269 e. The first kappa shape index (κ1) is 15.4. The Bertz CT molecular complexity index is 908. The zero-order chi connectivity index (χ0) is 15.7. The lowest BCUT2D eigenvalue weighted by Gasteiger charge is -2.07. The molecule has 0 saturated carbocycles. The zero-order valence-corrected chi connectivity index (χ0v) is 14.0. The number of aryl methyl sites for hydroxylation is 1. The van der Waals surface area contributed by atoms with Crippen LogP contribution in [0.1, 0.15) is 11.3 Å². The van der Waals surface area contributed by atoms with E-state index in [2.05, 4.69) is 4.98 Å². The smallest absolute Gasteiger partial charge is 0.258 e. The fourth-order valence-corrected chi connectivity index (χ4v) is 3.51. The maximum absolute atomic E-state index is 12.2. The van der Waals surface area contributed by atoms with Crippen LogP contribution in [0.5, 0.6) is 0 Å². The molecule has 0 fully saturated rings. The second kappa shape index (κ2) is 6.32. The van der Waals surface area contributed by atoms with Crippen LogP contribution in [-0.4, -0.2) is 9.38 Å². The van der Waals surface area contributed by atoms with Gasteiger partial charge in [0.1, 0.15) is 5.65 Å². The Balaban J connectivity index is 1.93. The van der Waals surface area contributed by atoms with Gasteiger partial charge < -0.3 is 0 Å². The SMILES string of the molecule is Cc1cccn2c(=O)cc(CSc3cc(Cl)ccc3Cl)nc12. The van der Waals surface area contributed by atoms with E-state index in [0.717, 1.165) is 16.2 Å². The van der Waals surface area contributed by atoms with E-state index in [0.29, 0.717) is 21.4 Å². The van der Waals surface area contributed by atoms with E-state index in [4.69, 9.17) is 23.2 Å². The van der Waals surface area contributed by atoms with Crippen molar-refractivity contribution in [3.05, 3.63) is 74.3 Å². The molecule has 0 bridgehead atoms. The van der Waals surface area contributed by atoms with E-state index >= 15 is 0 Å². The molecule has 0 aliphatic rings. The molecule has 0 N–H and O–H groups in total. The molecule has 0 amide bonds. The summed E-state index contributed by atoms with van der Waals surface area (Å²) >= 11 is 13.6. The molecule has 0 saturated heterocycles. The summed E-state index contributed by atoms with van der Waals surface area (Å²) in [5.74, 6) is 0.556. The summed E-state index contributed by atoms with van der Waals surface area (Å²) in [5.41, 5.74) is 2.29. The number of nitrogens with zero attached hydrogens (tertiary/aromatic N) is 2. The van der Waals surface area contributed by atoms with Crippen LogP contribution in [0.15, 0.2) is 52.3 Å². The Hall–Kier alpha value is -1.49. The van der Waals surface area contributed by atoms with Gasteiger partial charge in [-0.15, -0.1) is 11.8 Å². The van der Waals surface area contributed by atoms with Crippen LogP contribution in [0.3, 0.4) is 0 Å². The molecule has 0 atom stereocenters. The van der Waals surface area contributed by atoms with Crippen molar-refractivity contribution >= 4 is 40.6 Å². The number of rotatable bonds is 3. The molecule has 0 aliphatic heterocycles. The van der Waals surface area contributed by atoms with E-state index < -0.39 is 0 Å². The van der Waals surface area contributed by atoms with Crippen molar-refractivity contribution in [3.63, 3.8) is 0 Å². The minimum atomic E-state index is -0.0820. The molecule has 3 nitrogen and oxygen atoms in total. The molecule has 3 rings (SSSR count). The second-order valence-electron chi connectivity index (χ2n) is 4.83. The van der Waals surface area contributed by atoms with Crippen LogP contribution >= 0.6 is 35.0 Å². The van der Waals surface area contributed by atoms with Crippen LogP contribution in [0, 0.1) is 6.92 Å². The van der Waals surface area contributed by atoms with Gasteiger partial charge in [-0.3, -0.25) is 9.20 Å². The van der Waals surface area contributed by atoms with Gasteiger partial charge in [-0.05, 0) is 36.8 Å². The molecule has 0 radical (unpaired) electrons. The number of benzene rings is 1. The fourth-order valence-electron chi connectivity index (χ4n) is 2.12. The maximum atomic E-state index is 12.2. The molecule has 2 heterocycles. The highest BCUT2D eigenvalue weighted by molar-refractivity contribution is 7.98. The number of fused-ring (bicyclic) bond motifs is 1. The Morgan fingerprint density at radius 2 is 2.05 bits per heavy atom. The molecule has 112 valence electrons. The lowest BCUT2D eigenvalue weighted by molar-refractivity contribution is 1.00. The van der Waals surface area contributed by atoms with Crippen LogP contribution in [-0.2, 0) is 5.75 Å². The Kier molecular flexibility index (Phi) is 4.43. The van der Waals surface area contributed by atoms with Crippen LogP contribution in [0.2, 0.25) is 10.0 Å². The molecule has 2 aromatic heterocycles. The molecule has 22 heavy (non-hydrogen) atoms. The summed E-state index contributed by atoms with van der Waals surface area (Å²) in [4.78, 5) is 17.6. The molecule has 0 unspecified atom stereocenters. The lowest BCUT2D eigenvalue weighted by Crippen LogP contribution is -2.15. The first-order valence-corrected chi connectivity index (χ1v) is 8.34. The van der Waals surface area contributed by atoms with Gasteiger partial charge in [0.05, 0.1) is 10.7 Å². The summed E-state index contributed by atoms with van der Waals surface area (Å²) in [6.45, 7) is 1.94. The van der Waals surface area contributed by atoms with Gasteiger partial charge in [0.25, 0.3) is 5.56 Å². The molecule has 1 aromatic carbocycles. The van der Waals surface area contributed by atoms with Crippen LogP contribution < -0.4 is 5.56 Å². The third-order valence-electron chi connectivity index (χ3n) is 3.21. The average molecular weight is 351 g/mol. The van der Waals surface area contributed by atoms with Crippen LogP contribution in [0.25, 0.3) is 5.65 Å². The predicted molar refractivity (Wildman–Crippen MR) is 92.2 cm³/mol. The lowest BCUT2D eigenvalue weighted by atomic mass is 10.3. The topological polar surface area (TPSA) is 34.4 Å². The van der Waals surface area contributed by atoms with Gasteiger partial charge in [-0.2, -0.15) is 0 Å². The highest BCUT2D eigenvalue weighted by atomic mass is 35.5. The molecule has 3 aromatic rings. The molecular formula is C16H12Cl2N2OS. The number of hydrogen-bond acceptors (Lipinski definition) is 3. The molecular weight excluding hydrogens is 339 g/mol. The van der Waals surface area contributed by atoms with Gasteiger partial charge in [0, 0.05) is 27.9 Å². The summed E-state index contributed by atoms with van der Waals surface area (Å²) in [6.07, 6.45) is 1.72. The van der Waals surface area contributed by atoms with Gasteiger partial charge in [0.15, 0.2) is 0 Å². The highest BCUT2D eigenvalue weighted by Gasteiger charge is 2.07. The number of thioether (sulfide) groups is 1. The Morgan fingerprint density at radius 3 is 2.86 bits per heavy atom.